The molecule has 0 saturated heterocycles. The predicted molar refractivity (Wildman–Crippen MR) is 116 cm³/mol. The van der Waals surface area contributed by atoms with Crippen molar-refractivity contribution in [2.45, 2.75) is 19.6 Å². The van der Waals surface area contributed by atoms with Crippen LogP contribution in [0, 0.1) is 4.77 Å². The van der Waals surface area contributed by atoms with E-state index >= 15 is 0 Å². The van der Waals surface area contributed by atoms with Gasteiger partial charge in [-0.25, -0.2) is 9.67 Å². The number of hydrogen-bond acceptors (Lipinski definition) is 5. The standard InChI is InChI=1S/C19H18BrN5S2/c1-12(18-21-15-9-5-6-10-16(15)27-18)24(2)11-25-19(26)22-17(23-25)13-7-3-4-8-14(13)20/h3-10,12H,11H2,1-2H3,(H,22,23,26)/t12-/m0/s1. The van der Waals surface area contributed by atoms with Gasteiger partial charge in [-0.1, -0.05) is 46.3 Å². The Labute approximate surface area is 174 Å². The van der Waals surface area contributed by atoms with Crippen molar-refractivity contribution < 1.29 is 0 Å². The summed E-state index contributed by atoms with van der Waals surface area (Å²) in [5.74, 6) is 0.758. The Morgan fingerprint density at radius 2 is 1.93 bits per heavy atom. The van der Waals surface area contributed by atoms with Crippen LogP contribution in [0.5, 0.6) is 0 Å². The fourth-order valence-electron chi connectivity index (χ4n) is 2.83. The SMILES string of the molecule is C[C@@H](c1nc2ccccc2s1)N(C)Cn1[nH]c(-c2ccccc2Br)nc1=S. The van der Waals surface area contributed by atoms with Gasteiger partial charge in [0.05, 0.1) is 22.9 Å². The van der Waals surface area contributed by atoms with Crippen molar-refractivity contribution in [3.05, 3.63) is 62.8 Å². The van der Waals surface area contributed by atoms with Crippen molar-refractivity contribution in [3.8, 4) is 11.4 Å². The summed E-state index contributed by atoms with van der Waals surface area (Å²) in [6, 6.07) is 16.4. The number of para-hydroxylation sites is 1. The Morgan fingerprint density at radius 3 is 2.70 bits per heavy atom. The summed E-state index contributed by atoms with van der Waals surface area (Å²) in [6.45, 7) is 2.76. The lowest BCUT2D eigenvalue weighted by molar-refractivity contribution is 0.195. The van der Waals surface area contributed by atoms with E-state index in [1.165, 1.54) is 4.70 Å². The molecule has 4 aromatic rings. The van der Waals surface area contributed by atoms with E-state index in [0.717, 1.165) is 26.4 Å². The highest BCUT2D eigenvalue weighted by Gasteiger charge is 2.17. The molecule has 8 heteroatoms. The normalized spacial score (nSPS) is 12.7. The number of thiazole rings is 1. The molecule has 0 aliphatic carbocycles. The number of aromatic nitrogens is 4. The number of benzene rings is 2. The van der Waals surface area contributed by atoms with Crippen molar-refractivity contribution in [2.75, 3.05) is 7.05 Å². The first-order valence-electron chi connectivity index (χ1n) is 8.50. The molecule has 0 amide bonds. The quantitative estimate of drug-likeness (QED) is 0.392. The van der Waals surface area contributed by atoms with E-state index in [2.05, 4.69) is 57.0 Å². The molecule has 0 aliphatic heterocycles. The molecule has 0 spiro atoms. The third-order valence-corrected chi connectivity index (χ3v) is 6.71. The van der Waals surface area contributed by atoms with Gasteiger partial charge in [-0.05, 0) is 44.4 Å². The number of nitrogens with one attached hydrogen (secondary N) is 1. The second-order valence-corrected chi connectivity index (χ2v) is 8.64. The number of halogens is 1. The van der Waals surface area contributed by atoms with E-state index in [1.54, 1.807) is 11.3 Å². The molecule has 2 heterocycles. The lowest BCUT2D eigenvalue weighted by Gasteiger charge is -2.22. The highest BCUT2D eigenvalue weighted by atomic mass is 79.9. The summed E-state index contributed by atoms with van der Waals surface area (Å²) in [4.78, 5) is 11.5. The van der Waals surface area contributed by atoms with Crippen LogP contribution in [0.15, 0.2) is 53.0 Å². The number of aromatic amines is 1. The molecule has 0 fully saturated rings. The van der Waals surface area contributed by atoms with Gasteiger partial charge in [0.2, 0.25) is 4.77 Å². The van der Waals surface area contributed by atoms with Gasteiger partial charge in [0.15, 0.2) is 5.82 Å². The Kier molecular flexibility index (Phi) is 5.23. The average Bonchev–Trinajstić information content (AvgIpc) is 3.25. The summed E-state index contributed by atoms with van der Waals surface area (Å²) >= 11 is 10.8. The van der Waals surface area contributed by atoms with Crippen molar-refractivity contribution in [1.82, 2.24) is 24.6 Å². The molecule has 0 radical (unpaired) electrons. The maximum absolute atomic E-state index is 5.46. The monoisotopic (exact) mass is 459 g/mol. The van der Waals surface area contributed by atoms with Crippen LogP contribution in [0.25, 0.3) is 21.6 Å². The van der Waals surface area contributed by atoms with E-state index in [1.807, 2.05) is 41.1 Å². The summed E-state index contributed by atoms with van der Waals surface area (Å²) < 4.78 is 4.61. The third kappa shape index (κ3) is 3.75. The van der Waals surface area contributed by atoms with Crippen LogP contribution in [0.1, 0.15) is 18.0 Å². The van der Waals surface area contributed by atoms with Crippen LogP contribution < -0.4 is 0 Å². The largest absolute Gasteiger partial charge is 0.278 e. The lowest BCUT2D eigenvalue weighted by Crippen LogP contribution is -2.26. The zero-order valence-electron chi connectivity index (χ0n) is 14.9. The highest BCUT2D eigenvalue weighted by Crippen LogP contribution is 2.29. The van der Waals surface area contributed by atoms with Crippen LogP contribution >= 0.6 is 39.5 Å². The Morgan fingerprint density at radius 1 is 1.19 bits per heavy atom. The van der Waals surface area contributed by atoms with E-state index in [-0.39, 0.29) is 6.04 Å². The maximum atomic E-state index is 5.46. The van der Waals surface area contributed by atoms with Gasteiger partial charge in [-0.3, -0.25) is 10.00 Å². The number of H-pyrrole nitrogens is 1. The number of nitrogens with zero attached hydrogens (tertiary/aromatic N) is 4. The molecule has 27 heavy (non-hydrogen) atoms. The minimum Gasteiger partial charge on any atom is -0.278 e. The van der Waals surface area contributed by atoms with Gasteiger partial charge in [0.1, 0.15) is 5.01 Å². The molecule has 0 aliphatic rings. The molecular formula is C19H18BrN5S2. The van der Waals surface area contributed by atoms with Crippen LogP contribution in [0.4, 0.5) is 0 Å². The van der Waals surface area contributed by atoms with E-state index < -0.39 is 0 Å². The molecule has 0 saturated carbocycles. The summed E-state index contributed by atoms with van der Waals surface area (Å²) in [7, 11) is 2.07. The van der Waals surface area contributed by atoms with Gasteiger partial charge >= 0.3 is 0 Å². The van der Waals surface area contributed by atoms with E-state index in [4.69, 9.17) is 17.2 Å². The van der Waals surface area contributed by atoms with Crippen molar-refractivity contribution in [2.24, 2.45) is 0 Å². The molecule has 2 aromatic heterocycles. The van der Waals surface area contributed by atoms with Crippen molar-refractivity contribution >= 4 is 49.7 Å². The summed E-state index contributed by atoms with van der Waals surface area (Å²) in [5, 5.41) is 4.41. The molecule has 4 rings (SSSR count). The van der Waals surface area contributed by atoms with Gasteiger partial charge in [-0.15, -0.1) is 11.3 Å². The van der Waals surface area contributed by atoms with Crippen LogP contribution in [0.3, 0.4) is 0 Å². The van der Waals surface area contributed by atoms with Crippen molar-refractivity contribution in [3.63, 3.8) is 0 Å². The smallest absolute Gasteiger partial charge is 0.217 e. The number of rotatable bonds is 5. The predicted octanol–water partition coefficient (Wildman–Crippen LogP) is 5.63. The molecule has 0 bridgehead atoms. The highest BCUT2D eigenvalue weighted by molar-refractivity contribution is 9.10. The molecule has 5 nitrogen and oxygen atoms in total. The molecule has 2 aromatic carbocycles. The fourth-order valence-corrected chi connectivity index (χ4v) is 4.58. The van der Waals surface area contributed by atoms with Gasteiger partial charge < -0.3 is 0 Å². The molecule has 0 unspecified atom stereocenters. The first-order chi connectivity index (χ1) is 13.0. The Bertz CT molecular complexity index is 1110. The molecule has 1 N–H and O–H groups in total. The van der Waals surface area contributed by atoms with Crippen LogP contribution in [-0.4, -0.2) is 31.7 Å². The minimum atomic E-state index is 0.166. The van der Waals surface area contributed by atoms with E-state index in [9.17, 15) is 0 Å². The molecular weight excluding hydrogens is 442 g/mol. The molecule has 138 valence electrons. The zero-order chi connectivity index (χ0) is 19.0. The number of fused-ring (bicyclic) bond motifs is 1. The third-order valence-electron chi connectivity index (χ3n) is 4.50. The molecule has 1 atom stereocenters. The second-order valence-electron chi connectivity index (χ2n) is 6.36. The fraction of sp³-hybridized carbons (Fsp3) is 0.211. The van der Waals surface area contributed by atoms with Gasteiger partial charge in [-0.2, -0.15) is 4.98 Å². The maximum Gasteiger partial charge on any atom is 0.217 e. The Hall–Kier alpha value is -1.87. The second kappa shape index (κ2) is 7.63. The lowest BCUT2D eigenvalue weighted by atomic mass is 10.2. The number of hydrogen-bond donors (Lipinski definition) is 1. The summed E-state index contributed by atoms with van der Waals surface area (Å²) in [6.07, 6.45) is 0. The Balaban J connectivity index is 1.56. The first-order valence-corrected chi connectivity index (χ1v) is 10.5. The summed E-state index contributed by atoms with van der Waals surface area (Å²) in [5.41, 5.74) is 2.04. The van der Waals surface area contributed by atoms with Crippen molar-refractivity contribution in [1.29, 1.82) is 0 Å². The van der Waals surface area contributed by atoms with E-state index in [0.29, 0.717) is 11.4 Å². The first kappa shape index (κ1) is 18.5. The van der Waals surface area contributed by atoms with Crippen LogP contribution in [-0.2, 0) is 6.67 Å². The van der Waals surface area contributed by atoms with Crippen LogP contribution in [0.2, 0.25) is 0 Å². The van der Waals surface area contributed by atoms with Gasteiger partial charge in [0.25, 0.3) is 0 Å². The zero-order valence-corrected chi connectivity index (χ0v) is 18.1. The van der Waals surface area contributed by atoms with Gasteiger partial charge in [0, 0.05) is 10.0 Å². The minimum absolute atomic E-state index is 0.166. The average molecular weight is 460 g/mol. The topological polar surface area (TPSA) is 49.7 Å².